The lowest BCUT2D eigenvalue weighted by Gasteiger charge is -2.09. The third-order valence-electron chi connectivity index (χ3n) is 2.47. The van der Waals surface area contributed by atoms with Crippen molar-refractivity contribution < 1.29 is 4.79 Å². The smallest absolute Gasteiger partial charge is 0.255 e. The number of carbonyl (C=O) groups is 1. The Balaban J connectivity index is 2.22. The molecule has 0 radical (unpaired) electrons. The molecule has 0 fully saturated rings. The van der Waals surface area contributed by atoms with E-state index >= 15 is 0 Å². The van der Waals surface area contributed by atoms with Crippen molar-refractivity contribution in [2.24, 2.45) is 0 Å². The fraction of sp³-hybridized carbons (Fsp3) is 0.0714. The molecule has 0 bridgehead atoms. The Morgan fingerprint density at radius 3 is 2.50 bits per heavy atom. The summed E-state index contributed by atoms with van der Waals surface area (Å²) in [7, 11) is 0. The number of nitrogens with one attached hydrogen (secondary N) is 1. The fourth-order valence-electron chi connectivity index (χ4n) is 1.55. The van der Waals surface area contributed by atoms with Gasteiger partial charge in [0, 0.05) is 10.5 Å². The molecule has 92 valence electrons. The third kappa shape index (κ3) is 2.86. The maximum absolute atomic E-state index is 12.0. The van der Waals surface area contributed by atoms with E-state index in [1.54, 1.807) is 30.0 Å². The molecule has 0 heterocycles. The third-order valence-corrected chi connectivity index (χ3v) is 3.77. The number of amides is 1. The molecule has 0 aliphatic carbocycles. The van der Waals surface area contributed by atoms with E-state index in [1.807, 2.05) is 36.6 Å². The van der Waals surface area contributed by atoms with Crippen molar-refractivity contribution in [3.05, 3.63) is 59.1 Å². The molecule has 0 aliphatic rings. The Morgan fingerprint density at radius 1 is 1.11 bits per heavy atom. The summed E-state index contributed by atoms with van der Waals surface area (Å²) in [5.74, 6) is -0.157. The molecule has 0 aliphatic heterocycles. The number of thioether (sulfide) groups is 1. The molecular formula is C14H12ClNOS. The molecule has 4 heteroatoms. The standard InChI is InChI=1S/C14H12ClNOS/c1-18-12-9-5-8-11(13(12)15)16-14(17)10-6-3-2-4-7-10/h2-9H,1H3,(H,16,17). The zero-order valence-corrected chi connectivity index (χ0v) is 11.4. The number of hydrogen-bond acceptors (Lipinski definition) is 2. The number of rotatable bonds is 3. The predicted molar refractivity (Wildman–Crippen MR) is 77.6 cm³/mol. The highest BCUT2D eigenvalue weighted by molar-refractivity contribution is 7.98. The van der Waals surface area contributed by atoms with Crippen molar-refractivity contribution in [1.82, 2.24) is 0 Å². The van der Waals surface area contributed by atoms with Crippen LogP contribution in [-0.4, -0.2) is 12.2 Å². The summed E-state index contributed by atoms with van der Waals surface area (Å²) in [6.45, 7) is 0. The summed E-state index contributed by atoms with van der Waals surface area (Å²) in [5, 5.41) is 3.40. The molecule has 0 aromatic heterocycles. The Labute approximate surface area is 115 Å². The zero-order valence-electron chi connectivity index (χ0n) is 9.81. The van der Waals surface area contributed by atoms with Gasteiger partial charge < -0.3 is 5.32 Å². The van der Waals surface area contributed by atoms with Gasteiger partial charge in [0.25, 0.3) is 5.91 Å². The SMILES string of the molecule is CSc1cccc(NC(=O)c2ccccc2)c1Cl. The van der Waals surface area contributed by atoms with Crippen LogP contribution in [0.4, 0.5) is 5.69 Å². The van der Waals surface area contributed by atoms with Gasteiger partial charge in [-0.25, -0.2) is 0 Å². The second-order valence-electron chi connectivity index (χ2n) is 3.64. The van der Waals surface area contributed by atoms with Crippen LogP contribution in [0.25, 0.3) is 0 Å². The molecule has 0 atom stereocenters. The first-order valence-electron chi connectivity index (χ1n) is 5.41. The first kappa shape index (κ1) is 13.0. The van der Waals surface area contributed by atoms with Crippen molar-refractivity contribution in [3.8, 4) is 0 Å². The van der Waals surface area contributed by atoms with Crippen LogP contribution in [0.5, 0.6) is 0 Å². The summed E-state index contributed by atoms with van der Waals surface area (Å²) in [5.41, 5.74) is 1.25. The maximum Gasteiger partial charge on any atom is 0.255 e. The van der Waals surface area contributed by atoms with Gasteiger partial charge >= 0.3 is 0 Å². The van der Waals surface area contributed by atoms with E-state index in [0.29, 0.717) is 16.3 Å². The van der Waals surface area contributed by atoms with E-state index in [2.05, 4.69) is 5.32 Å². The van der Waals surface area contributed by atoms with Gasteiger partial charge in [-0.05, 0) is 30.5 Å². The second-order valence-corrected chi connectivity index (χ2v) is 4.87. The van der Waals surface area contributed by atoms with Gasteiger partial charge in [-0.1, -0.05) is 35.9 Å². The summed E-state index contributed by atoms with van der Waals surface area (Å²) in [6.07, 6.45) is 1.95. The normalized spacial score (nSPS) is 10.1. The Kier molecular flexibility index (Phi) is 4.28. The van der Waals surface area contributed by atoms with Gasteiger partial charge in [0.1, 0.15) is 0 Å². The van der Waals surface area contributed by atoms with Gasteiger partial charge in [-0.3, -0.25) is 4.79 Å². The summed E-state index contributed by atoms with van der Waals surface area (Å²) in [4.78, 5) is 12.9. The van der Waals surface area contributed by atoms with Crippen LogP contribution in [0.2, 0.25) is 5.02 Å². The van der Waals surface area contributed by atoms with E-state index in [4.69, 9.17) is 11.6 Å². The van der Waals surface area contributed by atoms with Crippen molar-refractivity contribution in [2.75, 3.05) is 11.6 Å². The molecule has 2 rings (SSSR count). The van der Waals surface area contributed by atoms with Gasteiger partial charge in [0.05, 0.1) is 10.7 Å². The van der Waals surface area contributed by atoms with E-state index in [9.17, 15) is 4.79 Å². The topological polar surface area (TPSA) is 29.1 Å². The van der Waals surface area contributed by atoms with Crippen LogP contribution in [0.15, 0.2) is 53.4 Å². The molecule has 0 saturated heterocycles. The Morgan fingerprint density at radius 2 is 1.83 bits per heavy atom. The van der Waals surface area contributed by atoms with Gasteiger partial charge in [-0.15, -0.1) is 11.8 Å². The van der Waals surface area contributed by atoms with Crippen LogP contribution in [0.1, 0.15) is 10.4 Å². The lowest BCUT2D eigenvalue weighted by molar-refractivity contribution is 0.102. The molecule has 2 aromatic rings. The van der Waals surface area contributed by atoms with E-state index < -0.39 is 0 Å². The number of halogens is 1. The molecule has 2 aromatic carbocycles. The first-order chi connectivity index (χ1) is 8.72. The predicted octanol–water partition coefficient (Wildman–Crippen LogP) is 4.31. The molecule has 18 heavy (non-hydrogen) atoms. The molecule has 0 saturated carbocycles. The minimum absolute atomic E-state index is 0.157. The van der Waals surface area contributed by atoms with Crippen LogP contribution in [0, 0.1) is 0 Å². The lowest BCUT2D eigenvalue weighted by Crippen LogP contribution is -2.12. The van der Waals surface area contributed by atoms with Crippen molar-refractivity contribution in [3.63, 3.8) is 0 Å². The highest BCUT2D eigenvalue weighted by atomic mass is 35.5. The van der Waals surface area contributed by atoms with Crippen molar-refractivity contribution in [1.29, 1.82) is 0 Å². The monoisotopic (exact) mass is 277 g/mol. The molecular weight excluding hydrogens is 266 g/mol. The van der Waals surface area contributed by atoms with Gasteiger partial charge in [-0.2, -0.15) is 0 Å². The van der Waals surface area contributed by atoms with Crippen LogP contribution in [0.3, 0.4) is 0 Å². The molecule has 0 unspecified atom stereocenters. The summed E-state index contributed by atoms with van der Waals surface area (Å²) >= 11 is 7.75. The number of carbonyl (C=O) groups excluding carboxylic acids is 1. The average molecular weight is 278 g/mol. The minimum Gasteiger partial charge on any atom is -0.321 e. The molecule has 0 spiro atoms. The summed E-state index contributed by atoms with van der Waals surface area (Å²) < 4.78 is 0. The highest BCUT2D eigenvalue weighted by Gasteiger charge is 2.09. The Hall–Kier alpha value is -1.45. The van der Waals surface area contributed by atoms with E-state index in [0.717, 1.165) is 4.90 Å². The second kappa shape index (κ2) is 5.94. The number of anilines is 1. The zero-order chi connectivity index (χ0) is 13.0. The average Bonchev–Trinajstić information content (AvgIpc) is 2.42. The lowest BCUT2D eigenvalue weighted by atomic mass is 10.2. The van der Waals surface area contributed by atoms with E-state index in [1.165, 1.54) is 0 Å². The van der Waals surface area contributed by atoms with Gasteiger partial charge in [0.15, 0.2) is 0 Å². The highest BCUT2D eigenvalue weighted by Crippen LogP contribution is 2.32. The molecule has 1 amide bonds. The quantitative estimate of drug-likeness (QED) is 0.847. The van der Waals surface area contributed by atoms with Crippen LogP contribution >= 0.6 is 23.4 Å². The Bertz CT molecular complexity index is 557. The number of hydrogen-bond donors (Lipinski definition) is 1. The minimum atomic E-state index is -0.157. The van der Waals surface area contributed by atoms with Gasteiger partial charge in [0.2, 0.25) is 0 Å². The molecule has 1 N–H and O–H groups in total. The van der Waals surface area contributed by atoms with Crippen molar-refractivity contribution >= 4 is 35.0 Å². The summed E-state index contributed by atoms with van der Waals surface area (Å²) in [6, 6.07) is 14.7. The largest absolute Gasteiger partial charge is 0.321 e. The van der Waals surface area contributed by atoms with Crippen LogP contribution < -0.4 is 5.32 Å². The van der Waals surface area contributed by atoms with Crippen LogP contribution in [-0.2, 0) is 0 Å². The number of benzene rings is 2. The van der Waals surface area contributed by atoms with Crippen molar-refractivity contribution in [2.45, 2.75) is 4.90 Å². The first-order valence-corrected chi connectivity index (χ1v) is 7.01. The molecule has 2 nitrogen and oxygen atoms in total. The maximum atomic E-state index is 12.0. The fourth-order valence-corrected chi connectivity index (χ4v) is 2.46. The van der Waals surface area contributed by atoms with E-state index in [-0.39, 0.29) is 5.91 Å².